The van der Waals surface area contributed by atoms with Gasteiger partial charge in [0.2, 0.25) is 0 Å². The van der Waals surface area contributed by atoms with Crippen LogP contribution >= 0.6 is 0 Å². The lowest BCUT2D eigenvalue weighted by atomic mass is 9.85. The zero-order valence-electron chi connectivity index (χ0n) is 12.6. The predicted molar refractivity (Wildman–Crippen MR) is 82.4 cm³/mol. The number of hydrogen-bond acceptors (Lipinski definition) is 4. The summed E-state index contributed by atoms with van der Waals surface area (Å²) in [7, 11) is 1.72. The van der Waals surface area contributed by atoms with E-state index in [2.05, 4.69) is 31.0 Å². The molecule has 1 N–H and O–H groups in total. The fourth-order valence-electron chi connectivity index (χ4n) is 3.19. The molecule has 0 aromatic heterocycles. The van der Waals surface area contributed by atoms with Crippen molar-refractivity contribution in [3.8, 4) is 0 Å². The topological polar surface area (TPSA) is 58.4 Å². The predicted octanol–water partition coefficient (Wildman–Crippen LogP) is 3.51. The lowest BCUT2D eigenvalue weighted by Crippen LogP contribution is -2.46. The van der Waals surface area contributed by atoms with Gasteiger partial charge in [-0.15, -0.1) is 0 Å². The number of nitrogens with zero attached hydrogens (tertiary/aromatic N) is 2. The average molecular weight is 277 g/mol. The minimum absolute atomic E-state index is 0.183. The third-order valence-electron chi connectivity index (χ3n) is 4.37. The first-order valence-electron chi connectivity index (χ1n) is 7.17. The Hall–Kier alpha value is -1.78. The summed E-state index contributed by atoms with van der Waals surface area (Å²) in [6.07, 6.45) is 1.18. The van der Waals surface area contributed by atoms with Crippen molar-refractivity contribution >= 4 is 17.1 Å². The third kappa shape index (κ3) is 2.57. The van der Waals surface area contributed by atoms with E-state index in [4.69, 9.17) is 0 Å². The molecule has 110 valence electrons. The second-order valence-electron chi connectivity index (χ2n) is 5.89. The molecule has 1 fully saturated rings. The maximum absolute atomic E-state index is 11.5. The van der Waals surface area contributed by atoms with E-state index in [1.807, 2.05) is 12.1 Å². The normalized spacial score (nSPS) is 26.4. The van der Waals surface area contributed by atoms with Crippen LogP contribution in [0.5, 0.6) is 0 Å². The zero-order chi connectivity index (χ0) is 14.9. The number of para-hydroxylation sites is 1. The zero-order valence-corrected chi connectivity index (χ0v) is 12.6. The fraction of sp³-hybridized carbons (Fsp3) is 0.600. The van der Waals surface area contributed by atoms with Gasteiger partial charge in [-0.1, -0.05) is 19.9 Å². The smallest absolute Gasteiger partial charge is 0.315 e. The number of nitro groups is 1. The lowest BCUT2D eigenvalue weighted by molar-refractivity contribution is -0.383. The summed E-state index contributed by atoms with van der Waals surface area (Å²) in [5.41, 5.74) is 1.49. The lowest BCUT2D eigenvalue weighted by Gasteiger charge is -2.42. The molecule has 1 heterocycles. The number of rotatable bonds is 3. The van der Waals surface area contributed by atoms with Gasteiger partial charge in [0, 0.05) is 19.6 Å². The molecule has 1 aromatic carbocycles. The SMILES string of the molecule is CNc1cccc(N2CC(C)CC(C)C2C)c1[N+](=O)[O-]. The Bertz CT molecular complexity index is 504. The first kappa shape index (κ1) is 14.6. The van der Waals surface area contributed by atoms with Gasteiger partial charge in [0.05, 0.1) is 4.92 Å². The van der Waals surface area contributed by atoms with Crippen LogP contribution in [0, 0.1) is 22.0 Å². The Labute approximate surface area is 120 Å². The van der Waals surface area contributed by atoms with E-state index in [9.17, 15) is 10.1 Å². The van der Waals surface area contributed by atoms with Gasteiger partial charge < -0.3 is 10.2 Å². The van der Waals surface area contributed by atoms with Gasteiger partial charge in [-0.3, -0.25) is 10.1 Å². The molecule has 20 heavy (non-hydrogen) atoms. The minimum Gasteiger partial charge on any atom is -0.382 e. The number of benzene rings is 1. The van der Waals surface area contributed by atoms with E-state index in [-0.39, 0.29) is 10.6 Å². The molecule has 5 nitrogen and oxygen atoms in total. The molecule has 5 heteroatoms. The maximum Gasteiger partial charge on any atom is 0.315 e. The molecule has 0 saturated carbocycles. The second-order valence-corrected chi connectivity index (χ2v) is 5.89. The van der Waals surface area contributed by atoms with E-state index in [1.54, 1.807) is 13.1 Å². The summed E-state index contributed by atoms with van der Waals surface area (Å²) in [5.74, 6) is 1.09. The van der Waals surface area contributed by atoms with E-state index >= 15 is 0 Å². The van der Waals surface area contributed by atoms with Gasteiger partial charge in [-0.25, -0.2) is 0 Å². The van der Waals surface area contributed by atoms with Crippen molar-refractivity contribution in [2.45, 2.75) is 33.2 Å². The van der Waals surface area contributed by atoms with E-state index in [0.717, 1.165) is 12.2 Å². The van der Waals surface area contributed by atoms with Gasteiger partial charge in [-0.05, 0) is 37.3 Å². The molecule has 3 atom stereocenters. The Morgan fingerprint density at radius 1 is 1.35 bits per heavy atom. The average Bonchev–Trinajstić information content (AvgIpc) is 2.41. The highest BCUT2D eigenvalue weighted by Crippen LogP contribution is 2.40. The van der Waals surface area contributed by atoms with Crippen molar-refractivity contribution in [2.24, 2.45) is 11.8 Å². The van der Waals surface area contributed by atoms with E-state index < -0.39 is 0 Å². The Morgan fingerprint density at radius 2 is 2.05 bits per heavy atom. The molecule has 3 unspecified atom stereocenters. The van der Waals surface area contributed by atoms with Crippen LogP contribution in [0.4, 0.5) is 17.1 Å². The van der Waals surface area contributed by atoms with Crippen molar-refractivity contribution in [3.63, 3.8) is 0 Å². The van der Waals surface area contributed by atoms with Crippen molar-refractivity contribution in [1.29, 1.82) is 0 Å². The fourth-order valence-corrected chi connectivity index (χ4v) is 3.19. The van der Waals surface area contributed by atoms with Crippen molar-refractivity contribution in [1.82, 2.24) is 0 Å². The van der Waals surface area contributed by atoms with Gasteiger partial charge in [0.1, 0.15) is 11.4 Å². The largest absolute Gasteiger partial charge is 0.382 e. The van der Waals surface area contributed by atoms with Gasteiger partial charge in [0.25, 0.3) is 0 Å². The number of anilines is 2. The number of hydrogen-bond donors (Lipinski definition) is 1. The van der Waals surface area contributed by atoms with Gasteiger partial charge >= 0.3 is 5.69 Å². The standard InChI is InChI=1S/C15H23N3O2/c1-10-8-11(2)12(3)17(9-10)14-7-5-6-13(16-4)15(14)18(19)20/h5-7,10-12,16H,8-9H2,1-4H3. The summed E-state index contributed by atoms with van der Waals surface area (Å²) in [6.45, 7) is 7.47. The Morgan fingerprint density at radius 3 is 2.65 bits per heavy atom. The molecule has 1 aromatic rings. The molecule has 2 rings (SSSR count). The Kier molecular flexibility index (Phi) is 4.16. The number of piperidine rings is 1. The van der Waals surface area contributed by atoms with Crippen LogP contribution in [0.1, 0.15) is 27.2 Å². The van der Waals surface area contributed by atoms with Gasteiger partial charge in [0.15, 0.2) is 0 Å². The summed E-state index contributed by atoms with van der Waals surface area (Å²) < 4.78 is 0. The summed E-state index contributed by atoms with van der Waals surface area (Å²) in [4.78, 5) is 13.4. The summed E-state index contributed by atoms with van der Waals surface area (Å²) in [6, 6.07) is 5.81. The number of nitro benzene ring substituents is 1. The highest BCUT2D eigenvalue weighted by Gasteiger charge is 2.33. The van der Waals surface area contributed by atoms with Crippen LogP contribution in [0.2, 0.25) is 0 Å². The van der Waals surface area contributed by atoms with Crippen molar-refractivity contribution in [3.05, 3.63) is 28.3 Å². The highest BCUT2D eigenvalue weighted by atomic mass is 16.6. The molecule has 1 aliphatic rings. The summed E-state index contributed by atoms with van der Waals surface area (Å²) in [5, 5.41) is 14.4. The van der Waals surface area contributed by atoms with Crippen LogP contribution < -0.4 is 10.2 Å². The Balaban J connectivity index is 2.48. The maximum atomic E-state index is 11.5. The molecule has 1 aliphatic heterocycles. The van der Waals surface area contributed by atoms with Crippen LogP contribution in [0.25, 0.3) is 0 Å². The van der Waals surface area contributed by atoms with Crippen LogP contribution in [-0.4, -0.2) is 24.6 Å². The monoisotopic (exact) mass is 277 g/mol. The molecule has 0 radical (unpaired) electrons. The van der Waals surface area contributed by atoms with E-state index in [1.165, 1.54) is 6.42 Å². The molecular weight excluding hydrogens is 254 g/mol. The van der Waals surface area contributed by atoms with Crippen LogP contribution in [-0.2, 0) is 0 Å². The first-order valence-corrected chi connectivity index (χ1v) is 7.17. The second kappa shape index (κ2) is 5.69. The highest BCUT2D eigenvalue weighted by molar-refractivity contribution is 5.77. The molecule has 0 spiro atoms. The van der Waals surface area contributed by atoms with Crippen LogP contribution in [0.3, 0.4) is 0 Å². The molecular formula is C15H23N3O2. The molecule has 0 aliphatic carbocycles. The number of nitrogens with one attached hydrogen (secondary N) is 1. The van der Waals surface area contributed by atoms with Crippen molar-refractivity contribution < 1.29 is 4.92 Å². The summed E-state index contributed by atoms with van der Waals surface area (Å²) >= 11 is 0. The first-order chi connectivity index (χ1) is 9.45. The molecule has 0 amide bonds. The minimum atomic E-state index is -0.280. The van der Waals surface area contributed by atoms with Gasteiger partial charge in [-0.2, -0.15) is 0 Å². The molecule has 0 bridgehead atoms. The van der Waals surface area contributed by atoms with E-state index in [0.29, 0.717) is 23.6 Å². The van der Waals surface area contributed by atoms with Crippen molar-refractivity contribution in [2.75, 3.05) is 23.8 Å². The third-order valence-corrected chi connectivity index (χ3v) is 4.37. The quantitative estimate of drug-likeness (QED) is 0.678. The molecule has 1 saturated heterocycles. The van der Waals surface area contributed by atoms with Crippen LogP contribution in [0.15, 0.2) is 18.2 Å².